The number of anilines is 1. The number of phenolic OH excluding ortho intramolecular Hbond substituents is 1. The number of carbonyl (C=O) groups is 2. The van der Waals surface area contributed by atoms with E-state index in [4.69, 9.17) is 29.1 Å². The van der Waals surface area contributed by atoms with Gasteiger partial charge in [0.1, 0.15) is 23.2 Å². The zero-order valence-corrected chi connectivity index (χ0v) is 28.2. The summed E-state index contributed by atoms with van der Waals surface area (Å²) in [5, 5.41) is 34.6. The maximum Gasteiger partial charge on any atom is 1.00 e. The molecule has 0 saturated carbocycles. The van der Waals surface area contributed by atoms with E-state index in [0.717, 1.165) is 5.57 Å². The average molecular weight is 637 g/mol. The van der Waals surface area contributed by atoms with Crippen LogP contribution in [0.1, 0.15) is 50.6 Å². The van der Waals surface area contributed by atoms with Crippen molar-refractivity contribution in [2.75, 3.05) is 12.4 Å². The predicted octanol–water partition coefficient (Wildman–Crippen LogP) is 0.744. The molecule has 14 heteroatoms. The van der Waals surface area contributed by atoms with E-state index in [-0.39, 0.29) is 64.6 Å². The Morgan fingerprint density at radius 3 is 2.49 bits per heavy atom. The molecule has 0 bridgehead atoms. The molecule has 2 aromatic carbocycles. The maximum absolute atomic E-state index is 13.0. The third-order valence-corrected chi connectivity index (χ3v) is 7.33. The Morgan fingerprint density at radius 1 is 1.18 bits per heavy atom. The molecule has 6 N–H and O–H groups in total. The van der Waals surface area contributed by atoms with Gasteiger partial charge in [0.05, 0.1) is 11.0 Å². The standard InChI is InChI=1S/C31H36N2O11.Na.H/c1-14(2)7-8-16-13-17(9-11-19(16)34)27(37)33-21-22(35)18-10-12-20(15(3)24(18)42-28(21)38)41-29-23(36)25(43-30(32)39)26(40-6)31(4,5)44-29;;/h7,9-13,23,25-26,29,34-36H,8H2,1-6H3,(H2,32,39)(H,33,37);;/q;+1;-1/t23-,25+,26-,29-;;/m1../s1. The van der Waals surface area contributed by atoms with Crippen molar-refractivity contribution in [3.63, 3.8) is 0 Å². The number of nitrogens with two attached hydrogens (primary N) is 1. The topological polar surface area (TPSA) is 200 Å². The summed E-state index contributed by atoms with van der Waals surface area (Å²) >= 11 is 0. The zero-order chi connectivity index (χ0) is 32.5. The molecule has 45 heavy (non-hydrogen) atoms. The van der Waals surface area contributed by atoms with Crippen LogP contribution in [0.2, 0.25) is 0 Å². The fraction of sp³-hybridized carbons (Fsp3) is 0.387. The van der Waals surface area contributed by atoms with Crippen molar-refractivity contribution < 1.29 is 79.3 Å². The first-order valence-corrected chi connectivity index (χ1v) is 13.7. The average Bonchev–Trinajstić information content (AvgIpc) is 2.94. The van der Waals surface area contributed by atoms with Crippen LogP contribution >= 0.6 is 0 Å². The molecule has 4 atom stereocenters. The molecule has 2 heterocycles. The fourth-order valence-corrected chi connectivity index (χ4v) is 5.06. The molecule has 0 spiro atoms. The summed E-state index contributed by atoms with van der Waals surface area (Å²) in [5.74, 6) is -1.09. The molecule has 13 nitrogen and oxygen atoms in total. The van der Waals surface area contributed by atoms with Gasteiger partial charge in [-0.05, 0) is 76.9 Å². The smallest absolute Gasteiger partial charge is 1.00 e. The summed E-state index contributed by atoms with van der Waals surface area (Å²) in [6, 6.07) is 7.12. The SMILES string of the molecule is CO[C@@H]1[C@@H](OC(N)=O)[C@@H](O)[C@H](Oc2ccc3c(O)c(NC(=O)c4ccc(O)c(CC=C(C)C)c4)c(=O)oc3c2C)OC1(C)C.[H-].[Na+]. The molecular weight excluding hydrogens is 599 g/mol. The van der Waals surface area contributed by atoms with Crippen molar-refractivity contribution in [1.29, 1.82) is 0 Å². The molecule has 1 aliphatic rings. The van der Waals surface area contributed by atoms with Crippen LogP contribution in [0.3, 0.4) is 0 Å². The number of nitrogens with one attached hydrogen (secondary N) is 1. The van der Waals surface area contributed by atoms with Crippen molar-refractivity contribution in [3.05, 3.63) is 69.1 Å². The van der Waals surface area contributed by atoms with E-state index in [1.165, 1.54) is 37.4 Å². The second-order valence-electron chi connectivity index (χ2n) is 11.2. The first kappa shape index (κ1) is 35.9. The molecule has 0 aliphatic carbocycles. The number of carbonyl (C=O) groups excluding carboxylic acids is 2. The van der Waals surface area contributed by atoms with Gasteiger partial charge in [0.25, 0.3) is 5.91 Å². The molecule has 0 unspecified atom stereocenters. The number of amides is 2. The van der Waals surface area contributed by atoms with E-state index >= 15 is 0 Å². The number of aryl methyl sites for hydroxylation is 1. The Hall–Kier alpha value is -3.59. The normalized spacial score (nSPS) is 20.5. The van der Waals surface area contributed by atoms with Crippen LogP contribution in [0.4, 0.5) is 10.5 Å². The van der Waals surface area contributed by atoms with Gasteiger partial charge >= 0.3 is 41.3 Å². The Kier molecular flexibility index (Phi) is 11.3. The van der Waals surface area contributed by atoms with E-state index in [2.05, 4.69) is 5.32 Å². The molecule has 2 amide bonds. The molecule has 1 fully saturated rings. The van der Waals surface area contributed by atoms with Crippen LogP contribution in [0.15, 0.2) is 51.2 Å². The number of methoxy groups -OCH3 is 1. The minimum absolute atomic E-state index is 0. The number of allylic oxidation sites excluding steroid dienone is 2. The maximum atomic E-state index is 13.0. The zero-order valence-electron chi connectivity index (χ0n) is 27.2. The third-order valence-electron chi connectivity index (χ3n) is 7.33. The monoisotopic (exact) mass is 636 g/mol. The minimum atomic E-state index is -1.52. The Balaban J connectivity index is 0.00000368. The number of aromatic hydroxyl groups is 2. The van der Waals surface area contributed by atoms with Gasteiger partial charge in [0.15, 0.2) is 23.6 Å². The molecule has 4 rings (SSSR count). The van der Waals surface area contributed by atoms with E-state index in [1.807, 2.05) is 19.9 Å². The van der Waals surface area contributed by atoms with Crippen molar-refractivity contribution in [3.8, 4) is 17.2 Å². The van der Waals surface area contributed by atoms with E-state index in [0.29, 0.717) is 12.0 Å². The Bertz CT molecular complexity index is 1690. The van der Waals surface area contributed by atoms with Crippen molar-refractivity contribution in [1.82, 2.24) is 0 Å². The Morgan fingerprint density at radius 2 is 1.87 bits per heavy atom. The van der Waals surface area contributed by atoms with Crippen LogP contribution in [0, 0.1) is 6.92 Å². The minimum Gasteiger partial charge on any atom is -1.00 e. The van der Waals surface area contributed by atoms with Gasteiger partial charge in [0, 0.05) is 18.2 Å². The van der Waals surface area contributed by atoms with Gasteiger partial charge < -0.3 is 51.2 Å². The largest absolute Gasteiger partial charge is 1.00 e. The van der Waals surface area contributed by atoms with Gasteiger partial charge in [-0.1, -0.05) is 11.6 Å². The molecule has 1 aliphatic heterocycles. The second kappa shape index (κ2) is 14.2. The number of hydrogen-bond acceptors (Lipinski definition) is 11. The van der Waals surface area contributed by atoms with Crippen LogP contribution in [0.5, 0.6) is 17.2 Å². The first-order valence-electron chi connectivity index (χ1n) is 13.7. The van der Waals surface area contributed by atoms with E-state index < -0.39 is 59.3 Å². The fourth-order valence-electron chi connectivity index (χ4n) is 5.06. The Labute approximate surface area is 282 Å². The summed E-state index contributed by atoms with van der Waals surface area (Å²) in [6.07, 6.45) is -3.81. The number of aliphatic hydroxyl groups excluding tert-OH is 1. The van der Waals surface area contributed by atoms with Gasteiger partial charge in [-0.3, -0.25) is 4.79 Å². The molecule has 3 aromatic rings. The summed E-state index contributed by atoms with van der Waals surface area (Å²) < 4.78 is 27.9. The van der Waals surface area contributed by atoms with Crippen LogP contribution in [-0.4, -0.2) is 64.6 Å². The number of phenols is 1. The molecule has 1 saturated heterocycles. The molecule has 238 valence electrons. The quantitative estimate of drug-likeness (QED) is 0.133. The van der Waals surface area contributed by atoms with Gasteiger partial charge in [-0.2, -0.15) is 0 Å². The van der Waals surface area contributed by atoms with Crippen molar-refractivity contribution in [2.45, 2.75) is 71.2 Å². The number of ether oxygens (including phenoxy) is 4. The number of hydrogen-bond donors (Lipinski definition) is 5. The first-order chi connectivity index (χ1) is 20.6. The van der Waals surface area contributed by atoms with Crippen LogP contribution in [-0.2, 0) is 20.6 Å². The van der Waals surface area contributed by atoms with Crippen LogP contribution < -0.4 is 51.0 Å². The molecule has 0 radical (unpaired) electrons. The number of fused-ring (bicyclic) bond motifs is 1. The summed E-state index contributed by atoms with van der Waals surface area (Å²) in [5.41, 5.74) is 4.54. The van der Waals surface area contributed by atoms with E-state index in [9.17, 15) is 29.7 Å². The number of rotatable bonds is 8. The summed E-state index contributed by atoms with van der Waals surface area (Å²) in [7, 11) is 1.37. The van der Waals surface area contributed by atoms with Gasteiger partial charge in [-0.25, -0.2) is 9.59 Å². The van der Waals surface area contributed by atoms with Crippen LogP contribution in [0.25, 0.3) is 11.0 Å². The van der Waals surface area contributed by atoms with E-state index in [1.54, 1.807) is 20.8 Å². The number of primary amides is 1. The second-order valence-corrected chi connectivity index (χ2v) is 11.2. The van der Waals surface area contributed by atoms with Gasteiger partial charge in [-0.15, -0.1) is 0 Å². The summed E-state index contributed by atoms with van der Waals surface area (Å²) in [4.78, 5) is 37.5. The third kappa shape index (κ3) is 7.63. The number of aliphatic hydroxyl groups is 1. The van der Waals surface area contributed by atoms with Crippen molar-refractivity contribution in [2.24, 2.45) is 5.73 Å². The predicted molar refractivity (Wildman–Crippen MR) is 160 cm³/mol. The number of benzene rings is 2. The molecular formula is C31H37N2NaO11. The molecule has 1 aromatic heterocycles. The van der Waals surface area contributed by atoms with Crippen molar-refractivity contribution >= 4 is 28.7 Å². The summed E-state index contributed by atoms with van der Waals surface area (Å²) in [6.45, 7) is 8.69. The van der Waals surface area contributed by atoms with Gasteiger partial charge in [0.2, 0.25) is 6.29 Å².